The van der Waals surface area contributed by atoms with Crippen LogP contribution < -0.4 is 10.3 Å². The first-order chi connectivity index (χ1) is 19.2. The van der Waals surface area contributed by atoms with Crippen LogP contribution in [-0.4, -0.2) is 54.6 Å². The second-order valence-corrected chi connectivity index (χ2v) is 10.4. The number of benzene rings is 2. The molecule has 0 spiro atoms. The number of hydrogen-bond donors (Lipinski definition) is 0. The molecule has 0 bridgehead atoms. The van der Waals surface area contributed by atoms with Gasteiger partial charge in [0.05, 0.1) is 36.5 Å². The monoisotopic (exact) mass is 561 g/mol. The highest BCUT2D eigenvalue weighted by Gasteiger charge is 2.24. The maximum atomic E-state index is 13.3. The third kappa shape index (κ3) is 6.61. The standard InChI is InChI=1S/C31H32ClN3O5/c1-4-27(35-19-29(39-3)26(17-30(35)37)25-16-23(32)10-9-22(25)18-33)28(36)15-20-5-7-21(8-6-20)31(38)40-24-11-13-34(2)14-12-24/h5-10,16-17,19,24,27H,4,11-15H2,1-3H3. The fourth-order valence-electron chi connectivity index (χ4n) is 4.96. The van der Waals surface area contributed by atoms with Crippen LogP contribution >= 0.6 is 11.6 Å². The lowest BCUT2D eigenvalue weighted by Crippen LogP contribution is -2.35. The highest BCUT2D eigenvalue weighted by atomic mass is 35.5. The number of esters is 1. The average molecular weight is 562 g/mol. The first kappa shape index (κ1) is 29.1. The van der Waals surface area contributed by atoms with Gasteiger partial charge in [-0.25, -0.2) is 4.79 Å². The van der Waals surface area contributed by atoms with Gasteiger partial charge in [0, 0.05) is 41.7 Å². The van der Waals surface area contributed by atoms with Gasteiger partial charge in [0.15, 0.2) is 5.78 Å². The molecule has 1 saturated heterocycles. The van der Waals surface area contributed by atoms with Gasteiger partial charge in [0.2, 0.25) is 0 Å². The fraction of sp³-hybridized carbons (Fsp3) is 0.355. The van der Waals surface area contributed by atoms with Gasteiger partial charge in [-0.15, -0.1) is 0 Å². The molecule has 3 aromatic rings. The molecule has 9 heteroatoms. The lowest BCUT2D eigenvalue weighted by molar-refractivity contribution is -0.121. The topological polar surface area (TPSA) is 102 Å². The molecular weight excluding hydrogens is 530 g/mol. The first-order valence-electron chi connectivity index (χ1n) is 13.2. The van der Waals surface area contributed by atoms with Crippen molar-refractivity contribution in [2.75, 3.05) is 27.2 Å². The van der Waals surface area contributed by atoms with Crippen LogP contribution in [-0.2, 0) is 16.0 Å². The third-order valence-electron chi connectivity index (χ3n) is 7.26. The Morgan fingerprint density at radius 2 is 1.80 bits per heavy atom. The zero-order chi connectivity index (χ0) is 28.8. The molecule has 1 unspecified atom stereocenters. The molecule has 4 rings (SSSR count). The van der Waals surface area contributed by atoms with Gasteiger partial charge in [-0.1, -0.05) is 30.7 Å². The van der Waals surface area contributed by atoms with Crippen LogP contribution in [0.2, 0.25) is 5.02 Å². The summed E-state index contributed by atoms with van der Waals surface area (Å²) >= 11 is 6.15. The Balaban J connectivity index is 1.51. The molecule has 2 heterocycles. The number of aromatic nitrogens is 1. The number of methoxy groups -OCH3 is 1. The Bertz CT molecular complexity index is 1480. The summed E-state index contributed by atoms with van der Waals surface area (Å²) < 4.78 is 12.6. The molecule has 1 fully saturated rings. The Hall–Kier alpha value is -3.93. The van der Waals surface area contributed by atoms with Gasteiger partial charge in [-0.2, -0.15) is 5.26 Å². The summed E-state index contributed by atoms with van der Waals surface area (Å²) in [6.07, 6.45) is 3.54. The van der Waals surface area contributed by atoms with E-state index in [2.05, 4.69) is 18.0 Å². The molecule has 40 heavy (non-hydrogen) atoms. The van der Waals surface area contributed by atoms with E-state index >= 15 is 0 Å². The van der Waals surface area contributed by atoms with Crippen molar-refractivity contribution in [1.29, 1.82) is 5.26 Å². The minimum atomic E-state index is -0.723. The number of carbonyl (C=O) groups is 2. The van der Waals surface area contributed by atoms with Crippen LogP contribution in [0.1, 0.15) is 53.7 Å². The maximum absolute atomic E-state index is 13.3. The summed E-state index contributed by atoms with van der Waals surface area (Å²) in [6.45, 7) is 3.63. The normalized spacial score (nSPS) is 14.8. The predicted octanol–water partition coefficient (Wildman–Crippen LogP) is 5.06. The van der Waals surface area contributed by atoms with Gasteiger partial charge in [0.1, 0.15) is 11.9 Å². The van der Waals surface area contributed by atoms with Crippen LogP contribution in [0.25, 0.3) is 11.1 Å². The highest BCUT2D eigenvalue weighted by Crippen LogP contribution is 2.33. The fourth-order valence-corrected chi connectivity index (χ4v) is 5.13. The number of ether oxygens (including phenoxy) is 2. The van der Waals surface area contributed by atoms with E-state index in [1.807, 2.05) is 6.92 Å². The van der Waals surface area contributed by atoms with Gasteiger partial charge >= 0.3 is 5.97 Å². The number of piperidine rings is 1. The van der Waals surface area contributed by atoms with Gasteiger partial charge < -0.3 is 18.9 Å². The van der Waals surface area contributed by atoms with E-state index in [0.29, 0.717) is 39.4 Å². The van der Waals surface area contributed by atoms with Crippen LogP contribution in [0.5, 0.6) is 5.75 Å². The van der Waals surface area contributed by atoms with E-state index in [1.165, 1.54) is 23.9 Å². The quantitative estimate of drug-likeness (QED) is 0.336. The number of nitriles is 1. The molecule has 1 aliphatic rings. The molecule has 0 aliphatic carbocycles. The summed E-state index contributed by atoms with van der Waals surface area (Å²) in [5.74, 6) is -0.171. The van der Waals surface area contributed by atoms with E-state index in [-0.39, 0.29) is 24.3 Å². The molecule has 2 aromatic carbocycles. The maximum Gasteiger partial charge on any atom is 0.338 e. The van der Waals surface area contributed by atoms with Crippen molar-refractivity contribution in [3.8, 4) is 22.9 Å². The van der Waals surface area contributed by atoms with Crippen LogP contribution in [0.4, 0.5) is 0 Å². The van der Waals surface area contributed by atoms with E-state index in [1.54, 1.807) is 42.5 Å². The highest BCUT2D eigenvalue weighted by molar-refractivity contribution is 6.31. The van der Waals surface area contributed by atoms with Crippen molar-refractivity contribution >= 4 is 23.4 Å². The molecule has 0 N–H and O–H groups in total. The van der Waals surface area contributed by atoms with Gasteiger partial charge in [-0.05, 0) is 62.2 Å². The lowest BCUT2D eigenvalue weighted by atomic mass is 9.98. The molecule has 0 amide bonds. The van der Waals surface area contributed by atoms with Crippen molar-refractivity contribution in [2.45, 2.75) is 44.8 Å². The van der Waals surface area contributed by atoms with E-state index < -0.39 is 11.6 Å². The summed E-state index contributed by atoms with van der Waals surface area (Å²) in [4.78, 5) is 41.3. The second kappa shape index (κ2) is 12.9. The van der Waals surface area contributed by atoms with E-state index in [0.717, 1.165) is 31.5 Å². The van der Waals surface area contributed by atoms with Crippen LogP contribution in [0.3, 0.4) is 0 Å². The molecule has 1 aromatic heterocycles. The summed E-state index contributed by atoms with van der Waals surface area (Å²) in [6, 6.07) is 14.4. The number of pyridine rings is 1. The smallest absolute Gasteiger partial charge is 0.338 e. The van der Waals surface area contributed by atoms with Crippen molar-refractivity contribution < 1.29 is 19.1 Å². The predicted molar refractivity (Wildman–Crippen MR) is 153 cm³/mol. The molecular formula is C31H32ClN3O5. The minimum Gasteiger partial charge on any atom is -0.495 e. The van der Waals surface area contributed by atoms with Crippen molar-refractivity contribution in [1.82, 2.24) is 9.47 Å². The second-order valence-electron chi connectivity index (χ2n) is 9.97. The van der Waals surface area contributed by atoms with E-state index in [4.69, 9.17) is 21.1 Å². The number of Topliss-reactive ketones (excluding diaryl/α,β-unsaturated/α-hetero) is 1. The summed E-state index contributed by atoms with van der Waals surface area (Å²) in [5.41, 5.74) is 2.02. The molecule has 208 valence electrons. The number of halogens is 1. The molecule has 0 radical (unpaired) electrons. The van der Waals surface area contributed by atoms with Crippen LogP contribution in [0, 0.1) is 11.3 Å². The molecule has 8 nitrogen and oxygen atoms in total. The lowest BCUT2D eigenvalue weighted by Gasteiger charge is -2.28. The molecule has 1 aliphatic heterocycles. The minimum absolute atomic E-state index is 0.0812. The van der Waals surface area contributed by atoms with E-state index in [9.17, 15) is 19.6 Å². The summed E-state index contributed by atoms with van der Waals surface area (Å²) in [5, 5.41) is 9.96. The molecule has 0 saturated carbocycles. The zero-order valence-electron chi connectivity index (χ0n) is 22.9. The average Bonchev–Trinajstić information content (AvgIpc) is 2.95. The number of nitrogens with zero attached hydrogens (tertiary/aromatic N) is 3. The van der Waals surface area contributed by atoms with Crippen molar-refractivity contribution in [3.63, 3.8) is 0 Å². The number of ketones is 1. The largest absolute Gasteiger partial charge is 0.495 e. The number of rotatable bonds is 9. The Kier molecular flexibility index (Phi) is 9.41. The Labute approximate surface area is 238 Å². The number of carbonyl (C=O) groups excluding carboxylic acids is 2. The van der Waals surface area contributed by atoms with Crippen molar-refractivity contribution in [3.05, 3.63) is 86.8 Å². The number of likely N-dealkylation sites (tertiary alicyclic amines) is 1. The number of hydrogen-bond acceptors (Lipinski definition) is 7. The molecule has 1 atom stereocenters. The third-order valence-corrected chi connectivity index (χ3v) is 7.49. The Morgan fingerprint density at radius 3 is 2.42 bits per heavy atom. The zero-order valence-corrected chi connectivity index (χ0v) is 23.6. The summed E-state index contributed by atoms with van der Waals surface area (Å²) in [7, 11) is 3.52. The first-order valence-corrected chi connectivity index (χ1v) is 13.6. The van der Waals surface area contributed by atoms with Gasteiger partial charge in [0.25, 0.3) is 5.56 Å². The van der Waals surface area contributed by atoms with Crippen molar-refractivity contribution in [2.24, 2.45) is 0 Å². The SMILES string of the molecule is CCC(C(=O)Cc1ccc(C(=O)OC2CCN(C)CC2)cc1)n1cc(OC)c(-c2cc(Cl)ccc2C#N)cc1=O. The Morgan fingerprint density at radius 1 is 1.10 bits per heavy atom. The van der Waals surface area contributed by atoms with Crippen LogP contribution in [0.15, 0.2) is 59.5 Å². The van der Waals surface area contributed by atoms with Gasteiger partial charge in [-0.3, -0.25) is 9.59 Å².